The van der Waals surface area contributed by atoms with Crippen molar-refractivity contribution < 1.29 is 37.4 Å². The smallest absolute Gasteiger partial charge is 0.335 e. The van der Waals surface area contributed by atoms with E-state index >= 15 is 8.78 Å². The second-order valence-corrected chi connectivity index (χ2v) is 8.68. The van der Waals surface area contributed by atoms with Crippen LogP contribution in [0.3, 0.4) is 0 Å². The lowest BCUT2D eigenvalue weighted by Gasteiger charge is -2.12. The number of halogens is 2. The van der Waals surface area contributed by atoms with Crippen LogP contribution in [-0.4, -0.2) is 17.9 Å². The molecule has 0 fully saturated rings. The minimum atomic E-state index is -1.31. The van der Waals surface area contributed by atoms with Gasteiger partial charge in [0.25, 0.3) is 0 Å². The van der Waals surface area contributed by atoms with Crippen LogP contribution < -0.4 is 14.2 Å². The molecule has 8 heteroatoms. The molecule has 0 heterocycles. The SMILES string of the molecule is C=CC(=O)Oc1ccc(-c2ccc(C#Cc3c(OC(=O)C=C)cc(-c4ccc(OC(=O)C=C)cc4)c(F)c3F)cc2)cc1. The molecule has 0 saturated carbocycles. The molecule has 6 nitrogen and oxygen atoms in total. The average molecular weight is 577 g/mol. The minimum absolute atomic E-state index is 0.174. The first-order valence-corrected chi connectivity index (χ1v) is 12.6. The van der Waals surface area contributed by atoms with Crippen molar-refractivity contribution in [3.8, 4) is 51.3 Å². The Kier molecular flexibility index (Phi) is 9.41. The molecule has 4 aromatic carbocycles. The highest BCUT2D eigenvalue weighted by molar-refractivity contribution is 5.85. The van der Waals surface area contributed by atoms with E-state index in [0.29, 0.717) is 11.3 Å². The van der Waals surface area contributed by atoms with Gasteiger partial charge in [-0.1, -0.05) is 68.0 Å². The molecule has 0 saturated heterocycles. The molecule has 212 valence electrons. The lowest BCUT2D eigenvalue weighted by Crippen LogP contribution is -2.07. The number of rotatable bonds is 8. The maximum atomic E-state index is 15.4. The summed E-state index contributed by atoms with van der Waals surface area (Å²) < 4.78 is 45.9. The number of carbonyl (C=O) groups is 3. The fraction of sp³-hybridized carbons (Fsp3) is 0. The summed E-state index contributed by atoms with van der Waals surface area (Å²) in [5, 5.41) is 0. The second-order valence-electron chi connectivity index (χ2n) is 8.68. The van der Waals surface area contributed by atoms with E-state index in [9.17, 15) is 14.4 Å². The Bertz CT molecular complexity index is 1790. The summed E-state index contributed by atoms with van der Waals surface area (Å²) in [5.41, 5.74) is 1.72. The van der Waals surface area contributed by atoms with Gasteiger partial charge in [-0.25, -0.2) is 23.2 Å². The first-order chi connectivity index (χ1) is 20.7. The molecule has 0 radical (unpaired) electrons. The number of benzene rings is 4. The predicted molar refractivity (Wildman–Crippen MR) is 157 cm³/mol. The molecular weight excluding hydrogens is 554 g/mol. The first kappa shape index (κ1) is 29.9. The summed E-state index contributed by atoms with van der Waals surface area (Å²) >= 11 is 0. The molecule has 0 aliphatic heterocycles. The Balaban J connectivity index is 1.63. The van der Waals surface area contributed by atoms with Gasteiger partial charge < -0.3 is 14.2 Å². The van der Waals surface area contributed by atoms with E-state index in [1.54, 1.807) is 48.5 Å². The lowest BCUT2D eigenvalue weighted by atomic mass is 10.0. The quantitative estimate of drug-likeness (QED) is 0.0976. The number of carbonyl (C=O) groups excluding carboxylic acids is 3. The molecule has 0 aromatic heterocycles. The zero-order valence-electron chi connectivity index (χ0n) is 22.6. The van der Waals surface area contributed by atoms with E-state index in [4.69, 9.17) is 14.2 Å². The number of ether oxygens (including phenoxy) is 3. The van der Waals surface area contributed by atoms with Gasteiger partial charge in [-0.05, 0) is 59.2 Å². The van der Waals surface area contributed by atoms with Gasteiger partial charge in [0.05, 0.1) is 0 Å². The highest BCUT2D eigenvalue weighted by Gasteiger charge is 2.21. The van der Waals surface area contributed by atoms with Crippen LogP contribution in [0.4, 0.5) is 8.78 Å². The maximum absolute atomic E-state index is 15.4. The Morgan fingerprint density at radius 3 is 1.51 bits per heavy atom. The Morgan fingerprint density at radius 2 is 1.02 bits per heavy atom. The van der Waals surface area contributed by atoms with Crippen LogP contribution in [0.25, 0.3) is 22.3 Å². The zero-order chi connectivity index (χ0) is 30.9. The van der Waals surface area contributed by atoms with Crippen molar-refractivity contribution in [1.29, 1.82) is 0 Å². The van der Waals surface area contributed by atoms with Gasteiger partial charge in [-0.3, -0.25) is 0 Å². The van der Waals surface area contributed by atoms with E-state index in [-0.39, 0.29) is 22.6 Å². The fourth-order valence-electron chi connectivity index (χ4n) is 3.77. The van der Waals surface area contributed by atoms with Gasteiger partial charge in [0.1, 0.15) is 17.1 Å². The van der Waals surface area contributed by atoms with Crippen LogP contribution in [-0.2, 0) is 14.4 Å². The van der Waals surface area contributed by atoms with Crippen molar-refractivity contribution in [3.05, 3.63) is 140 Å². The highest BCUT2D eigenvalue weighted by Crippen LogP contribution is 2.34. The fourth-order valence-corrected chi connectivity index (χ4v) is 3.77. The molecule has 0 amide bonds. The van der Waals surface area contributed by atoms with Crippen LogP contribution in [0, 0.1) is 23.5 Å². The van der Waals surface area contributed by atoms with Gasteiger partial charge in [0.15, 0.2) is 17.4 Å². The van der Waals surface area contributed by atoms with Crippen LogP contribution in [0.1, 0.15) is 11.1 Å². The maximum Gasteiger partial charge on any atom is 0.335 e. The summed E-state index contributed by atoms with van der Waals surface area (Å²) in [4.78, 5) is 34.8. The van der Waals surface area contributed by atoms with E-state index in [1.165, 1.54) is 24.3 Å². The van der Waals surface area contributed by atoms with Gasteiger partial charge in [-0.15, -0.1) is 0 Å². The normalized spacial score (nSPS) is 10.0. The Labute approximate surface area is 246 Å². The van der Waals surface area contributed by atoms with Crippen molar-refractivity contribution >= 4 is 17.9 Å². The summed E-state index contributed by atoms with van der Waals surface area (Å²) in [6.45, 7) is 10.0. The third kappa shape index (κ3) is 7.37. The lowest BCUT2D eigenvalue weighted by molar-refractivity contribution is -0.129. The Hall–Kier alpha value is -6.07. The van der Waals surface area contributed by atoms with Crippen molar-refractivity contribution in [1.82, 2.24) is 0 Å². The monoisotopic (exact) mass is 576 g/mol. The van der Waals surface area contributed by atoms with Crippen molar-refractivity contribution in [2.24, 2.45) is 0 Å². The molecule has 0 N–H and O–H groups in total. The molecule has 0 atom stereocenters. The minimum Gasteiger partial charge on any atom is -0.423 e. The molecule has 0 aliphatic rings. The number of hydrogen-bond donors (Lipinski definition) is 0. The van der Waals surface area contributed by atoms with Crippen LogP contribution in [0.5, 0.6) is 17.2 Å². The average Bonchev–Trinajstić information content (AvgIpc) is 3.03. The van der Waals surface area contributed by atoms with Crippen LogP contribution >= 0.6 is 0 Å². The van der Waals surface area contributed by atoms with Gasteiger partial charge in [0.2, 0.25) is 0 Å². The molecule has 43 heavy (non-hydrogen) atoms. The number of hydrogen-bond acceptors (Lipinski definition) is 6. The van der Waals surface area contributed by atoms with Crippen LogP contribution in [0.15, 0.2) is 117 Å². The summed E-state index contributed by atoms with van der Waals surface area (Å²) in [6, 6.07) is 20.5. The number of esters is 3. The summed E-state index contributed by atoms with van der Waals surface area (Å²) in [7, 11) is 0. The molecule has 4 aromatic rings. The largest absolute Gasteiger partial charge is 0.423 e. The molecule has 0 spiro atoms. The zero-order valence-corrected chi connectivity index (χ0v) is 22.6. The topological polar surface area (TPSA) is 78.9 Å². The van der Waals surface area contributed by atoms with E-state index in [0.717, 1.165) is 35.4 Å². The van der Waals surface area contributed by atoms with Crippen LogP contribution in [0.2, 0.25) is 0 Å². The molecule has 0 aliphatic carbocycles. The van der Waals surface area contributed by atoms with Gasteiger partial charge >= 0.3 is 17.9 Å². The predicted octanol–water partition coefficient (Wildman–Crippen LogP) is 6.97. The van der Waals surface area contributed by atoms with Gasteiger partial charge in [0, 0.05) is 29.4 Å². The van der Waals surface area contributed by atoms with Crippen molar-refractivity contribution in [2.45, 2.75) is 0 Å². The first-order valence-electron chi connectivity index (χ1n) is 12.6. The Morgan fingerprint density at radius 1 is 0.581 bits per heavy atom. The van der Waals surface area contributed by atoms with E-state index in [1.807, 2.05) is 0 Å². The van der Waals surface area contributed by atoms with Crippen molar-refractivity contribution in [3.63, 3.8) is 0 Å². The molecule has 0 bridgehead atoms. The van der Waals surface area contributed by atoms with Gasteiger partial charge in [-0.2, -0.15) is 0 Å². The van der Waals surface area contributed by atoms with E-state index < -0.39 is 35.1 Å². The second kappa shape index (κ2) is 13.5. The molecule has 4 rings (SSSR count). The standard InChI is InChI=1S/C35H22F2O6/c1-4-31(38)41-26-16-12-24(13-17-26)23-10-7-22(8-11-23)9-20-28-30(43-33(40)6-3)21-29(35(37)34(28)36)25-14-18-27(19-15-25)42-32(39)5-2/h4-8,10-19,21H,1-3H2. The third-order valence-electron chi connectivity index (χ3n) is 5.89. The third-order valence-corrected chi connectivity index (χ3v) is 5.89. The molecule has 0 unspecified atom stereocenters. The molecular formula is C35H22F2O6. The highest BCUT2D eigenvalue weighted by atomic mass is 19.2. The van der Waals surface area contributed by atoms with E-state index in [2.05, 4.69) is 31.6 Å². The summed E-state index contributed by atoms with van der Waals surface area (Å²) in [5.74, 6) is 0.932. The summed E-state index contributed by atoms with van der Waals surface area (Å²) in [6.07, 6.45) is 2.94. The van der Waals surface area contributed by atoms with Crippen molar-refractivity contribution in [2.75, 3.05) is 0 Å².